The van der Waals surface area contributed by atoms with Gasteiger partial charge in [-0.15, -0.1) is 23.2 Å². The standard InChI is InChI=1S/C23H13BrCl2F5NO4/c1-3-8-4-5-22(25)20(34)32(18-16(30)14(28)13(27)15(29)17(18)31)21(35)23(22,26)12(8)10-6-9(24)7-11(36-2)19(10)33/h3-4,6-7,12,33H,1,5H2,2H3/t12-,22-,23+/m1/s1. The number of phenolic OH excluding ortho intramolecular Hbond substituents is 1. The minimum absolute atomic E-state index is 0.0674. The lowest BCUT2D eigenvalue weighted by molar-refractivity contribution is -0.122. The third-order valence-electron chi connectivity index (χ3n) is 6.23. The summed E-state index contributed by atoms with van der Waals surface area (Å²) in [5.41, 5.74) is -1.71. The van der Waals surface area contributed by atoms with E-state index in [4.69, 9.17) is 27.9 Å². The zero-order valence-corrected chi connectivity index (χ0v) is 21.0. The van der Waals surface area contributed by atoms with Crippen LogP contribution in [0.5, 0.6) is 11.5 Å². The van der Waals surface area contributed by atoms with Crippen molar-refractivity contribution in [2.75, 3.05) is 12.0 Å². The van der Waals surface area contributed by atoms with Crippen molar-refractivity contribution in [1.82, 2.24) is 0 Å². The van der Waals surface area contributed by atoms with Gasteiger partial charge in [0.05, 0.1) is 7.11 Å². The molecule has 3 atom stereocenters. The molecule has 0 radical (unpaired) electrons. The predicted molar refractivity (Wildman–Crippen MR) is 124 cm³/mol. The first-order valence-corrected chi connectivity index (χ1v) is 11.5. The summed E-state index contributed by atoms with van der Waals surface area (Å²) in [5.74, 6) is -17.2. The number of carbonyl (C=O) groups excluding carboxylic acids is 2. The molecule has 0 saturated carbocycles. The molecule has 4 rings (SSSR count). The molecular formula is C23H13BrCl2F5NO4. The summed E-state index contributed by atoms with van der Waals surface area (Å²) in [6, 6.07) is 2.72. The van der Waals surface area contributed by atoms with Crippen LogP contribution in [0.15, 0.2) is 40.9 Å². The zero-order valence-electron chi connectivity index (χ0n) is 17.9. The third-order valence-corrected chi connectivity index (χ3v) is 8.10. The maximum atomic E-state index is 14.7. The molecule has 0 spiro atoms. The summed E-state index contributed by atoms with van der Waals surface area (Å²) >= 11 is 16.6. The number of allylic oxidation sites excluding steroid dienone is 3. The van der Waals surface area contributed by atoms with E-state index in [2.05, 4.69) is 22.5 Å². The van der Waals surface area contributed by atoms with E-state index < -0.39 is 74.4 Å². The summed E-state index contributed by atoms with van der Waals surface area (Å²) in [6.07, 6.45) is 2.15. The van der Waals surface area contributed by atoms with E-state index in [1.165, 1.54) is 31.4 Å². The highest BCUT2D eigenvalue weighted by atomic mass is 79.9. The Labute approximate surface area is 218 Å². The average molecular weight is 613 g/mol. The van der Waals surface area contributed by atoms with Crippen LogP contribution in [-0.2, 0) is 9.59 Å². The Morgan fingerprint density at radius 1 is 1.08 bits per heavy atom. The molecule has 5 nitrogen and oxygen atoms in total. The van der Waals surface area contributed by atoms with E-state index >= 15 is 0 Å². The van der Waals surface area contributed by atoms with Gasteiger partial charge >= 0.3 is 0 Å². The molecule has 1 fully saturated rings. The van der Waals surface area contributed by atoms with Gasteiger partial charge in [0, 0.05) is 16.0 Å². The number of rotatable bonds is 4. The zero-order chi connectivity index (χ0) is 26.9. The van der Waals surface area contributed by atoms with Crippen LogP contribution in [0.2, 0.25) is 0 Å². The summed E-state index contributed by atoms with van der Waals surface area (Å²) < 4.78 is 76.3. The van der Waals surface area contributed by atoms with Crippen molar-refractivity contribution in [3.63, 3.8) is 0 Å². The van der Waals surface area contributed by atoms with Gasteiger partial charge < -0.3 is 9.84 Å². The highest BCUT2D eigenvalue weighted by molar-refractivity contribution is 9.10. The van der Waals surface area contributed by atoms with E-state index in [1.54, 1.807) is 0 Å². The molecule has 0 bridgehead atoms. The lowest BCUT2D eigenvalue weighted by Gasteiger charge is -2.42. The molecule has 1 aliphatic carbocycles. The van der Waals surface area contributed by atoms with E-state index in [1.807, 2.05) is 0 Å². The van der Waals surface area contributed by atoms with Crippen molar-refractivity contribution in [3.8, 4) is 11.5 Å². The van der Waals surface area contributed by atoms with Gasteiger partial charge in [-0.2, -0.15) is 0 Å². The first-order chi connectivity index (χ1) is 16.8. The Kier molecular flexibility index (Phi) is 6.42. The van der Waals surface area contributed by atoms with Crippen LogP contribution in [0.4, 0.5) is 27.6 Å². The molecule has 1 aliphatic heterocycles. The van der Waals surface area contributed by atoms with Crippen LogP contribution in [0.1, 0.15) is 17.9 Å². The topological polar surface area (TPSA) is 66.8 Å². The van der Waals surface area contributed by atoms with Gasteiger partial charge in [-0.25, -0.2) is 26.9 Å². The van der Waals surface area contributed by atoms with Crippen molar-refractivity contribution < 1.29 is 41.4 Å². The number of aromatic hydroxyl groups is 1. The van der Waals surface area contributed by atoms with Gasteiger partial charge in [-0.1, -0.05) is 34.7 Å². The fraction of sp³-hybridized carbons (Fsp3) is 0.217. The van der Waals surface area contributed by atoms with E-state index in [0.29, 0.717) is 4.47 Å². The Hall–Kier alpha value is -2.63. The molecule has 1 N–H and O–H groups in total. The molecule has 13 heteroatoms. The average Bonchev–Trinajstić information content (AvgIpc) is 3.00. The highest BCUT2D eigenvalue weighted by Crippen LogP contribution is 2.61. The Morgan fingerprint density at radius 2 is 1.64 bits per heavy atom. The molecule has 2 amide bonds. The number of nitrogens with zero attached hydrogens (tertiary/aromatic N) is 1. The van der Waals surface area contributed by atoms with Gasteiger partial charge in [-0.3, -0.25) is 9.59 Å². The fourth-order valence-electron chi connectivity index (χ4n) is 4.51. The molecule has 1 heterocycles. The summed E-state index contributed by atoms with van der Waals surface area (Å²) in [7, 11) is 1.24. The van der Waals surface area contributed by atoms with Crippen molar-refractivity contribution in [3.05, 3.63) is 75.6 Å². The van der Waals surface area contributed by atoms with E-state index in [9.17, 15) is 36.6 Å². The van der Waals surface area contributed by atoms with E-state index in [-0.39, 0.29) is 21.8 Å². The lowest BCUT2D eigenvalue weighted by Crippen LogP contribution is -2.54. The Bertz CT molecular complexity index is 1370. The van der Waals surface area contributed by atoms with Crippen molar-refractivity contribution in [2.24, 2.45) is 0 Å². The molecule has 2 aromatic carbocycles. The molecule has 0 unspecified atom stereocenters. The van der Waals surface area contributed by atoms with Crippen LogP contribution >= 0.6 is 39.1 Å². The number of halogens is 8. The number of hydrogen-bond donors (Lipinski definition) is 1. The number of benzene rings is 2. The number of fused-ring (bicyclic) bond motifs is 1. The maximum Gasteiger partial charge on any atom is 0.258 e. The monoisotopic (exact) mass is 611 g/mol. The van der Waals surface area contributed by atoms with Crippen LogP contribution in [-0.4, -0.2) is 33.8 Å². The normalized spacial score (nSPS) is 25.6. The Balaban J connectivity index is 2.04. The number of ether oxygens (including phenoxy) is 1. The number of hydrogen-bond acceptors (Lipinski definition) is 4. The third kappa shape index (κ3) is 3.25. The summed E-state index contributed by atoms with van der Waals surface area (Å²) in [4.78, 5) is 21.8. The van der Waals surface area contributed by atoms with Gasteiger partial charge in [-0.05, 0) is 24.1 Å². The van der Waals surface area contributed by atoms with Gasteiger partial charge in [0.1, 0.15) is 5.69 Å². The molecule has 2 aromatic rings. The van der Waals surface area contributed by atoms with Crippen molar-refractivity contribution in [1.29, 1.82) is 0 Å². The van der Waals surface area contributed by atoms with Crippen LogP contribution in [0, 0.1) is 29.1 Å². The Morgan fingerprint density at radius 3 is 2.17 bits per heavy atom. The minimum atomic E-state index is -2.60. The fourth-order valence-corrected chi connectivity index (χ4v) is 5.80. The number of methoxy groups -OCH3 is 1. The number of phenols is 1. The highest BCUT2D eigenvalue weighted by Gasteiger charge is 2.74. The van der Waals surface area contributed by atoms with Crippen LogP contribution < -0.4 is 9.64 Å². The largest absolute Gasteiger partial charge is 0.504 e. The number of imide groups is 1. The number of amides is 2. The number of alkyl halides is 2. The molecule has 0 aromatic heterocycles. The molecular weight excluding hydrogens is 600 g/mol. The second kappa shape index (κ2) is 8.74. The molecule has 190 valence electrons. The quantitative estimate of drug-likeness (QED) is 0.152. The SMILES string of the molecule is C=CC1=CC[C@@]2(Cl)C(=O)N(c3c(F)c(F)c(F)c(F)c3F)C(=O)[C@@]2(Cl)[C@H]1c1cc(Br)cc(OC)c1O. The first kappa shape index (κ1) is 26.4. The van der Waals surface area contributed by atoms with Crippen molar-refractivity contribution in [2.45, 2.75) is 22.1 Å². The molecule has 36 heavy (non-hydrogen) atoms. The number of carbonyl (C=O) groups is 2. The van der Waals surface area contributed by atoms with Gasteiger partial charge in [0.15, 0.2) is 44.5 Å². The molecule has 2 aliphatic rings. The smallest absolute Gasteiger partial charge is 0.258 e. The maximum absolute atomic E-state index is 14.7. The minimum Gasteiger partial charge on any atom is -0.504 e. The van der Waals surface area contributed by atoms with Crippen molar-refractivity contribution >= 4 is 56.6 Å². The number of anilines is 1. The first-order valence-electron chi connectivity index (χ1n) is 9.95. The second-order valence-electron chi connectivity index (χ2n) is 7.97. The predicted octanol–water partition coefficient (Wildman–Crippen LogP) is 5.99. The van der Waals surface area contributed by atoms with Gasteiger partial charge in [0.2, 0.25) is 5.82 Å². The summed E-state index contributed by atoms with van der Waals surface area (Å²) in [5, 5.41) is 10.8. The lowest BCUT2D eigenvalue weighted by atomic mass is 9.68. The van der Waals surface area contributed by atoms with Crippen LogP contribution in [0.3, 0.4) is 0 Å². The van der Waals surface area contributed by atoms with Gasteiger partial charge in [0.25, 0.3) is 11.8 Å². The van der Waals surface area contributed by atoms with Crippen LogP contribution in [0.25, 0.3) is 0 Å². The second-order valence-corrected chi connectivity index (χ2v) is 10.1. The van der Waals surface area contributed by atoms with E-state index in [0.717, 1.165) is 0 Å². The molecule has 1 saturated heterocycles. The summed E-state index contributed by atoms with van der Waals surface area (Å²) in [6.45, 7) is 3.64.